The molecule has 1 aromatic carbocycles. The molecule has 1 heterocycles. The molecule has 152 valence electrons. The number of piperidine rings is 1. The lowest BCUT2D eigenvalue weighted by molar-refractivity contribution is -0.126. The molecule has 0 aromatic heterocycles. The molecule has 1 N–H and O–H groups in total. The number of carbonyl (C=O) groups excluding carboxylic acids is 1. The fourth-order valence-corrected chi connectivity index (χ4v) is 4.32. The Morgan fingerprint density at radius 2 is 2.00 bits per heavy atom. The summed E-state index contributed by atoms with van der Waals surface area (Å²) in [6.07, 6.45) is 3.55. The molecule has 1 fully saturated rings. The molecule has 1 aliphatic heterocycles. The van der Waals surface area contributed by atoms with Crippen molar-refractivity contribution in [3.63, 3.8) is 0 Å². The Morgan fingerprint density at radius 3 is 2.63 bits per heavy atom. The molecule has 1 aromatic rings. The Labute approximate surface area is 162 Å². The minimum Gasteiger partial charge on any atom is -0.492 e. The molecular formula is C19H31N3O4S. The summed E-state index contributed by atoms with van der Waals surface area (Å²) in [6, 6.07) is 7.99. The summed E-state index contributed by atoms with van der Waals surface area (Å²) in [6.45, 7) is 3.61. The van der Waals surface area contributed by atoms with Crippen molar-refractivity contribution in [2.45, 2.75) is 32.6 Å². The Bertz CT molecular complexity index is 704. The third kappa shape index (κ3) is 6.19. The molecule has 0 radical (unpaired) electrons. The molecular weight excluding hydrogens is 366 g/mol. The van der Waals surface area contributed by atoms with Gasteiger partial charge in [-0.05, 0) is 37.0 Å². The van der Waals surface area contributed by atoms with Gasteiger partial charge < -0.3 is 10.1 Å². The van der Waals surface area contributed by atoms with Gasteiger partial charge in [0.1, 0.15) is 12.4 Å². The fraction of sp³-hybridized carbons (Fsp3) is 0.632. The maximum absolute atomic E-state index is 12.4. The van der Waals surface area contributed by atoms with Crippen molar-refractivity contribution < 1.29 is 17.9 Å². The van der Waals surface area contributed by atoms with Gasteiger partial charge in [-0.3, -0.25) is 4.79 Å². The van der Waals surface area contributed by atoms with Gasteiger partial charge in [-0.1, -0.05) is 25.5 Å². The summed E-state index contributed by atoms with van der Waals surface area (Å²) in [5.74, 6) is 0.349. The van der Waals surface area contributed by atoms with E-state index in [-0.39, 0.29) is 18.4 Å². The Kier molecular flexibility index (Phi) is 8.07. The van der Waals surface area contributed by atoms with E-state index < -0.39 is 10.2 Å². The van der Waals surface area contributed by atoms with Crippen molar-refractivity contribution in [3.05, 3.63) is 29.8 Å². The molecule has 8 heteroatoms. The highest BCUT2D eigenvalue weighted by atomic mass is 32.2. The Morgan fingerprint density at radius 1 is 1.30 bits per heavy atom. The largest absolute Gasteiger partial charge is 0.492 e. The van der Waals surface area contributed by atoms with Gasteiger partial charge in [0.15, 0.2) is 0 Å². The van der Waals surface area contributed by atoms with Gasteiger partial charge in [-0.25, -0.2) is 0 Å². The summed E-state index contributed by atoms with van der Waals surface area (Å²) < 4.78 is 32.7. The van der Waals surface area contributed by atoms with Crippen LogP contribution in [-0.4, -0.2) is 63.3 Å². The zero-order valence-corrected chi connectivity index (χ0v) is 17.3. The highest BCUT2D eigenvalue weighted by Crippen LogP contribution is 2.20. The third-order valence-corrected chi connectivity index (χ3v) is 6.58. The van der Waals surface area contributed by atoms with E-state index in [2.05, 4.69) is 24.4 Å². The predicted molar refractivity (Wildman–Crippen MR) is 106 cm³/mol. The molecule has 0 unspecified atom stereocenters. The van der Waals surface area contributed by atoms with Crippen LogP contribution in [0.1, 0.15) is 31.7 Å². The van der Waals surface area contributed by atoms with Gasteiger partial charge in [0.05, 0.1) is 12.5 Å². The van der Waals surface area contributed by atoms with Crippen LogP contribution in [-0.2, 0) is 21.4 Å². The van der Waals surface area contributed by atoms with E-state index >= 15 is 0 Å². The van der Waals surface area contributed by atoms with Crippen LogP contribution < -0.4 is 10.1 Å². The zero-order chi connectivity index (χ0) is 19.9. The van der Waals surface area contributed by atoms with Crippen molar-refractivity contribution in [3.8, 4) is 5.75 Å². The van der Waals surface area contributed by atoms with Crippen molar-refractivity contribution in [2.75, 3.05) is 40.3 Å². The molecule has 1 aliphatic rings. The van der Waals surface area contributed by atoms with E-state index in [9.17, 15) is 13.2 Å². The number of nitrogens with zero attached hydrogens (tertiary/aromatic N) is 2. The first-order chi connectivity index (χ1) is 12.8. The van der Waals surface area contributed by atoms with Crippen LogP contribution in [0.15, 0.2) is 24.3 Å². The van der Waals surface area contributed by atoms with Gasteiger partial charge >= 0.3 is 0 Å². The first kappa shape index (κ1) is 21.7. The van der Waals surface area contributed by atoms with Gasteiger partial charge in [-0.15, -0.1) is 0 Å². The van der Waals surface area contributed by atoms with Crippen LogP contribution in [0.25, 0.3) is 0 Å². The van der Waals surface area contributed by atoms with E-state index in [1.807, 2.05) is 12.1 Å². The second-order valence-electron chi connectivity index (χ2n) is 7.02. The van der Waals surface area contributed by atoms with Gasteiger partial charge in [0, 0.05) is 27.2 Å². The number of hydrogen-bond acceptors (Lipinski definition) is 4. The monoisotopic (exact) mass is 397 g/mol. The van der Waals surface area contributed by atoms with E-state index in [4.69, 9.17) is 4.74 Å². The van der Waals surface area contributed by atoms with Crippen LogP contribution >= 0.6 is 0 Å². The predicted octanol–water partition coefficient (Wildman–Crippen LogP) is 1.65. The highest BCUT2D eigenvalue weighted by Gasteiger charge is 2.33. The topological polar surface area (TPSA) is 79.0 Å². The number of aryl methyl sites for hydroxylation is 1. The summed E-state index contributed by atoms with van der Waals surface area (Å²) >= 11 is 0. The second-order valence-corrected chi connectivity index (χ2v) is 9.16. The van der Waals surface area contributed by atoms with Crippen LogP contribution in [0.5, 0.6) is 5.75 Å². The third-order valence-electron chi connectivity index (χ3n) is 4.67. The summed E-state index contributed by atoms with van der Waals surface area (Å²) in [5, 5.41) is 2.86. The minimum atomic E-state index is -3.47. The zero-order valence-electron chi connectivity index (χ0n) is 16.5. The van der Waals surface area contributed by atoms with E-state index in [1.165, 1.54) is 28.3 Å². The average Bonchev–Trinajstić information content (AvgIpc) is 2.66. The van der Waals surface area contributed by atoms with Crippen LogP contribution in [0.4, 0.5) is 0 Å². The minimum absolute atomic E-state index is 0.115. The number of benzene rings is 1. The summed E-state index contributed by atoms with van der Waals surface area (Å²) in [4.78, 5) is 12.4. The normalized spacial score (nSPS) is 18.4. The molecule has 0 spiro atoms. The smallest absolute Gasteiger partial charge is 0.281 e. The van der Waals surface area contributed by atoms with E-state index in [1.54, 1.807) is 0 Å². The average molecular weight is 398 g/mol. The van der Waals surface area contributed by atoms with Crippen molar-refractivity contribution >= 4 is 16.1 Å². The van der Waals surface area contributed by atoms with Crippen LogP contribution in [0.2, 0.25) is 0 Å². The molecule has 1 saturated heterocycles. The van der Waals surface area contributed by atoms with Crippen molar-refractivity contribution in [1.82, 2.24) is 13.9 Å². The van der Waals surface area contributed by atoms with Crippen molar-refractivity contribution in [1.29, 1.82) is 0 Å². The lowest BCUT2D eigenvalue weighted by Crippen LogP contribution is -2.49. The van der Waals surface area contributed by atoms with Crippen LogP contribution in [0, 0.1) is 5.92 Å². The highest BCUT2D eigenvalue weighted by molar-refractivity contribution is 7.86. The molecule has 27 heavy (non-hydrogen) atoms. The van der Waals surface area contributed by atoms with Crippen molar-refractivity contribution in [2.24, 2.45) is 5.92 Å². The summed E-state index contributed by atoms with van der Waals surface area (Å²) in [5.41, 5.74) is 1.28. The molecule has 0 bridgehead atoms. The van der Waals surface area contributed by atoms with Gasteiger partial charge in [0.25, 0.3) is 10.2 Å². The number of amides is 1. The molecule has 2 rings (SSSR count). The number of hydrogen-bond donors (Lipinski definition) is 1. The van der Waals surface area contributed by atoms with E-state index in [0.29, 0.717) is 32.5 Å². The van der Waals surface area contributed by atoms with E-state index in [0.717, 1.165) is 18.6 Å². The number of rotatable bonds is 9. The molecule has 1 atom stereocenters. The second kappa shape index (κ2) is 10.1. The first-order valence-corrected chi connectivity index (χ1v) is 10.9. The molecule has 0 aliphatic carbocycles. The van der Waals surface area contributed by atoms with Gasteiger partial charge in [-0.2, -0.15) is 17.0 Å². The van der Waals surface area contributed by atoms with Gasteiger partial charge in [0.2, 0.25) is 5.91 Å². The molecule has 0 saturated carbocycles. The Hall–Kier alpha value is -1.64. The number of nitrogens with one attached hydrogen (secondary N) is 1. The SMILES string of the molecule is CCCc1ccc(OCCNC(=O)[C@@H]2CCCN(S(=O)(=O)N(C)C)C2)cc1. The number of carbonyl (C=O) groups is 1. The molecule has 1 amide bonds. The maximum Gasteiger partial charge on any atom is 0.281 e. The quantitative estimate of drug-likeness (QED) is 0.643. The summed E-state index contributed by atoms with van der Waals surface area (Å²) in [7, 11) is -0.463. The Balaban J connectivity index is 1.75. The first-order valence-electron chi connectivity index (χ1n) is 9.51. The standard InChI is InChI=1S/C19H31N3O4S/c1-4-6-16-8-10-18(11-9-16)26-14-12-20-19(23)17-7-5-13-22(15-17)27(24,25)21(2)3/h8-11,17H,4-7,12-15H2,1-3H3,(H,20,23)/t17-/m1/s1. The number of ether oxygens (including phenoxy) is 1. The lowest BCUT2D eigenvalue weighted by Gasteiger charge is -2.32. The maximum atomic E-state index is 12.4. The fourth-order valence-electron chi connectivity index (χ4n) is 3.13. The lowest BCUT2D eigenvalue weighted by atomic mass is 9.99. The molecule has 7 nitrogen and oxygen atoms in total. The van der Waals surface area contributed by atoms with Crippen LogP contribution in [0.3, 0.4) is 0 Å².